The summed E-state index contributed by atoms with van der Waals surface area (Å²) in [6.45, 7) is 1.75. The van der Waals surface area contributed by atoms with Gasteiger partial charge in [0, 0.05) is 13.1 Å². The van der Waals surface area contributed by atoms with Crippen LogP contribution in [0.25, 0.3) is 0 Å². The van der Waals surface area contributed by atoms with E-state index in [-0.39, 0.29) is 13.1 Å². The molecule has 0 spiro atoms. The van der Waals surface area contributed by atoms with Crippen molar-refractivity contribution in [2.24, 2.45) is 0 Å². The van der Waals surface area contributed by atoms with E-state index in [0.717, 1.165) is 16.9 Å². The maximum Gasteiger partial charge on any atom is 0.334 e. The SMILES string of the molecule is CCCCN1C(=O)C(=O)N(CC(=O)NCc2ccc(OC)c(OC)c2)C1=O. The fraction of sp³-hybridized carbons (Fsp3) is 0.444. The molecule has 1 aromatic rings. The molecular formula is C18H23N3O6. The van der Waals surface area contributed by atoms with Crippen LogP contribution in [0.3, 0.4) is 0 Å². The number of carbonyl (C=O) groups excluding carboxylic acids is 4. The number of nitrogens with zero attached hydrogens (tertiary/aromatic N) is 2. The van der Waals surface area contributed by atoms with E-state index < -0.39 is 30.3 Å². The van der Waals surface area contributed by atoms with Gasteiger partial charge >= 0.3 is 17.8 Å². The second kappa shape index (κ2) is 9.02. The van der Waals surface area contributed by atoms with Gasteiger partial charge in [-0.1, -0.05) is 19.4 Å². The van der Waals surface area contributed by atoms with Gasteiger partial charge in [-0.3, -0.25) is 19.3 Å². The molecule has 146 valence electrons. The Morgan fingerprint density at radius 3 is 2.33 bits per heavy atom. The van der Waals surface area contributed by atoms with Crippen LogP contribution in [0.2, 0.25) is 0 Å². The monoisotopic (exact) mass is 377 g/mol. The summed E-state index contributed by atoms with van der Waals surface area (Å²) >= 11 is 0. The van der Waals surface area contributed by atoms with Crippen LogP contribution >= 0.6 is 0 Å². The second-order valence-electron chi connectivity index (χ2n) is 5.95. The number of hydrogen-bond donors (Lipinski definition) is 1. The zero-order chi connectivity index (χ0) is 20.0. The first-order valence-electron chi connectivity index (χ1n) is 8.57. The van der Waals surface area contributed by atoms with Crippen molar-refractivity contribution in [2.75, 3.05) is 27.3 Å². The molecule has 1 aliphatic rings. The van der Waals surface area contributed by atoms with Crippen LogP contribution in [0.5, 0.6) is 11.5 Å². The molecule has 0 radical (unpaired) electrons. The number of ether oxygens (including phenoxy) is 2. The smallest absolute Gasteiger partial charge is 0.334 e. The number of nitrogens with one attached hydrogen (secondary N) is 1. The number of imide groups is 2. The summed E-state index contributed by atoms with van der Waals surface area (Å²) in [5.41, 5.74) is 0.751. The maximum atomic E-state index is 12.2. The van der Waals surface area contributed by atoms with Crippen molar-refractivity contribution < 1.29 is 28.7 Å². The number of rotatable bonds is 9. The van der Waals surface area contributed by atoms with E-state index in [4.69, 9.17) is 9.47 Å². The Balaban J connectivity index is 1.95. The fourth-order valence-electron chi connectivity index (χ4n) is 2.59. The minimum atomic E-state index is -0.975. The lowest BCUT2D eigenvalue weighted by molar-refractivity contribution is -0.144. The first-order valence-corrected chi connectivity index (χ1v) is 8.57. The van der Waals surface area contributed by atoms with Crippen molar-refractivity contribution >= 4 is 23.8 Å². The van der Waals surface area contributed by atoms with Crippen LogP contribution in [-0.4, -0.2) is 60.9 Å². The Hall–Kier alpha value is -3.10. The minimum absolute atomic E-state index is 0.170. The van der Waals surface area contributed by atoms with Crippen molar-refractivity contribution in [3.63, 3.8) is 0 Å². The van der Waals surface area contributed by atoms with Gasteiger partial charge in [-0.25, -0.2) is 9.69 Å². The molecule has 27 heavy (non-hydrogen) atoms. The van der Waals surface area contributed by atoms with Gasteiger partial charge in [0.2, 0.25) is 5.91 Å². The number of unbranched alkanes of at least 4 members (excludes halogenated alkanes) is 1. The van der Waals surface area contributed by atoms with Gasteiger partial charge in [-0.05, 0) is 24.1 Å². The lowest BCUT2D eigenvalue weighted by atomic mass is 10.2. The van der Waals surface area contributed by atoms with Gasteiger partial charge < -0.3 is 14.8 Å². The van der Waals surface area contributed by atoms with E-state index in [1.54, 1.807) is 18.2 Å². The maximum absolute atomic E-state index is 12.2. The zero-order valence-corrected chi connectivity index (χ0v) is 15.6. The number of methoxy groups -OCH3 is 2. The summed E-state index contributed by atoms with van der Waals surface area (Å²) in [5, 5.41) is 2.62. The first kappa shape index (κ1) is 20.2. The van der Waals surface area contributed by atoms with Crippen molar-refractivity contribution in [2.45, 2.75) is 26.3 Å². The quantitative estimate of drug-likeness (QED) is 0.507. The third-order valence-corrected chi connectivity index (χ3v) is 4.11. The molecule has 0 aliphatic carbocycles. The normalized spacial score (nSPS) is 14.0. The van der Waals surface area contributed by atoms with Crippen LogP contribution in [0.1, 0.15) is 25.3 Å². The molecule has 0 saturated carbocycles. The third-order valence-electron chi connectivity index (χ3n) is 4.11. The van der Waals surface area contributed by atoms with Crippen LogP contribution in [0.4, 0.5) is 4.79 Å². The predicted molar refractivity (Wildman–Crippen MR) is 95.1 cm³/mol. The average molecular weight is 377 g/mol. The molecule has 1 heterocycles. The van der Waals surface area contributed by atoms with Gasteiger partial charge in [0.05, 0.1) is 14.2 Å². The van der Waals surface area contributed by atoms with E-state index in [0.29, 0.717) is 22.8 Å². The number of urea groups is 1. The Labute approximate surface area is 157 Å². The molecule has 1 aliphatic heterocycles. The topological polar surface area (TPSA) is 105 Å². The highest BCUT2D eigenvalue weighted by atomic mass is 16.5. The molecular weight excluding hydrogens is 354 g/mol. The van der Waals surface area contributed by atoms with E-state index in [9.17, 15) is 19.2 Å². The Morgan fingerprint density at radius 2 is 1.70 bits per heavy atom. The van der Waals surface area contributed by atoms with E-state index in [2.05, 4.69) is 5.32 Å². The van der Waals surface area contributed by atoms with Gasteiger partial charge in [-0.2, -0.15) is 0 Å². The van der Waals surface area contributed by atoms with Gasteiger partial charge in [-0.15, -0.1) is 0 Å². The highest BCUT2D eigenvalue weighted by Crippen LogP contribution is 2.27. The van der Waals surface area contributed by atoms with E-state index in [1.807, 2.05) is 6.92 Å². The highest BCUT2D eigenvalue weighted by Gasteiger charge is 2.44. The summed E-state index contributed by atoms with van der Waals surface area (Å²) in [5.74, 6) is -1.33. The van der Waals surface area contributed by atoms with E-state index >= 15 is 0 Å². The Kier molecular flexibility index (Phi) is 6.75. The van der Waals surface area contributed by atoms with E-state index in [1.165, 1.54) is 14.2 Å². The highest BCUT2D eigenvalue weighted by molar-refractivity contribution is 6.45. The predicted octanol–water partition coefficient (Wildman–Crippen LogP) is 0.911. The molecule has 9 nitrogen and oxygen atoms in total. The number of hydrogen-bond acceptors (Lipinski definition) is 6. The molecule has 1 fully saturated rings. The van der Waals surface area contributed by atoms with Gasteiger partial charge in [0.15, 0.2) is 11.5 Å². The summed E-state index contributed by atoms with van der Waals surface area (Å²) < 4.78 is 10.3. The number of amides is 5. The number of carbonyl (C=O) groups is 4. The molecule has 5 amide bonds. The molecule has 2 rings (SSSR count). The molecule has 9 heteroatoms. The summed E-state index contributed by atoms with van der Waals surface area (Å²) in [4.78, 5) is 49.7. The molecule has 1 N–H and O–H groups in total. The summed E-state index contributed by atoms with van der Waals surface area (Å²) in [6.07, 6.45) is 1.38. The molecule has 1 aromatic carbocycles. The summed E-state index contributed by atoms with van der Waals surface area (Å²) in [6, 6.07) is 4.42. The van der Waals surface area contributed by atoms with Crippen LogP contribution in [-0.2, 0) is 20.9 Å². The van der Waals surface area contributed by atoms with Crippen molar-refractivity contribution in [3.8, 4) is 11.5 Å². The van der Waals surface area contributed by atoms with Crippen molar-refractivity contribution in [3.05, 3.63) is 23.8 Å². The molecule has 0 atom stereocenters. The number of benzene rings is 1. The zero-order valence-electron chi connectivity index (χ0n) is 15.6. The molecule has 0 unspecified atom stereocenters. The molecule has 0 aromatic heterocycles. The summed E-state index contributed by atoms with van der Waals surface area (Å²) in [7, 11) is 3.03. The van der Waals surface area contributed by atoms with Crippen molar-refractivity contribution in [1.82, 2.24) is 15.1 Å². The van der Waals surface area contributed by atoms with Crippen LogP contribution < -0.4 is 14.8 Å². The van der Waals surface area contributed by atoms with Crippen LogP contribution in [0, 0.1) is 0 Å². The lowest BCUT2D eigenvalue weighted by Gasteiger charge is -2.15. The Morgan fingerprint density at radius 1 is 1.04 bits per heavy atom. The van der Waals surface area contributed by atoms with Crippen LogP contribution in [0.15, 0.2) is 18.2 Å². The van der Waals surface area contributed by atoms with Gasteiger partial charge in [0.1, 0.15) is 6.54 Å². The van der Waals surface area contributed by atoms with Gasteiger partial charge in [0.25, 0.3) is 0 Å². The standard InChI is InChI=1S/C18H23N3O6/c1-4-5-8-20-16(23)17(24)21(18(20)25)11-15(22)19-10-12-6-7-13(26-2)14(9-12)27-3/h6-7,9H,4-5,8,10-11H2,1-3H3,(H,19,22). The van der Waals surface area contributed by atoms with Crippen molar-refractivity contribution in [1.29, 1.82) is 0 Å². The average Bonchev–Trinajstić information content (AvgIpc) is 2.87. The molecule has 0 bridgehead atoms. The Bertz CT molecular complexity index is 749. The largest absolute Gasteiger partial charge is 0.493 e. The third kappa shape index (κ3) is 4.55. The molecule has 1 saturated heterocycles. The lowest BCUT2D eigenvalue weighted by Crippen LogP contribution is -2.41. The minimum Gasteiger partial charge on any atom is -0.493 e. The second-order valence-corrected chi connectivity index (χ2v) is 5.95. The fourth-order valence-corrected chi connectivity index (χ4v) is 2.59. The first-order chi connectivity index (χ1) is 12.9.